The second kappa shape index (κ2) is 4.97. The van der Waals surface area contributed by atoms with Gasteiger partial charge in [0.2, 0.25) is 11.0 Å². The summed E-state index contributed by atoms with van der Waals surface area (Å²) in [5.74, 6) is 1.57. The van der Waals surface area contributed by atoms with Crippen LogP contribution in [0, 0.1) is 11.8 Å². The van der Waals surface area contributed by atoms with Gasteiger partial charge in [0, 0.05) is 11.7 Å². The van der Waals surface area contributed by atoms with E-state index in [1.54, 1.807) is 11.8 Å². The van der Waals surface area contributed by atoms with E-state index in [1.807, 2.05) is 6.08 Å². The minimum atomic E-state index is 0.0731. The fourth-order valence-corrected chi connectivity index (χ4v) is 2.85. The molecule has 1 fully saturated rings. The van der Waals surface area contributed by atoms with Crippen molar-refractivity contribution in [3.63, 3.8) is 0 Å². The van der Waals surface area contributed by atoms with Crippen molar-refractivity contribution < 1.29 is 4.79 Å². The summed E-state index contributed by atoms with van der Waals surface area (Å²) in [6.45, 7) is 5.72. The highest BCUT2D eigenvalue weighted by molar-refractivity contribution is 8.01. The zero-order valence-corrected chi connectivity index (χ0v) is 10.6. The quantitative estimate of drug-likeness (QED) is 0.499. The summed E-state index contributed by atoms with van der Waals surface area (Å²) in [5, 5.41) is 11.3. The molecule has 0 radical (unpaired) electrons. The van der Waals surface area contributed by atoms with Gasteiger partial charge in [0.05, 0.1) is 0 Å². The first-order chi connectivity index (χ1) is 7.70. The lowest BCUT2D eigenvalue weighted by Gasteiger charge is -1.97. The molecule has 86 valence electrons. The summed E-state index contributed by atoms with van der Waals surface area (Å²) in [4.78, 5) is 11.6. The molecule has 2 atom stereocenters. The van der Waals surface area contributed by atoms with Crippen molar-refractivity contribution in [2.24, 2.45) is 11.8 Å². The first-order valence-corrected chi connectivity index (χ1v) is 6.89. The lowest BCUT2D eigenvalue weighted by Crippen LogP contribution is -2.14. The van der Waals surface area contributed by atoms with E-state index in [0.717, 1.165) is 16.5 Å². The summed E-state index contributed by atoms with van der Waals surface area (Å²) >= 11 is 2.98. The average Bonchev–Trinajstić information content (AvgIpc) is 2.83. The van der Waals surface area contributed by atoms with Crippen LogP contribution in [0.15, 0.2) is 17.0 Å². The number of nitrogens with one attached hydrogen (secondary N) is 1. The molecular weight excluding hydrogens is 242 g/mol. The van der Waals surface area contributed by atoms with Crippen LogP contribution in [0.25, 0.3) is 0 Å². The first-order valence-electron chi connectivity index (χ1n) is 5.08. The third-order valence-corrected chi connectivity index (χ3v) is 4.38. The van der Waals surface area contributed by atoms with Crippen LogP contribution in [0.3, 0.4) is 0 Å². The van der Waals surface area contributed by atoms with Crippen LogP contribution in [0.4, 0.5) is 5.13 Å². The minimum absolute atomic E-state index is 0.0731. The number of hydrogen-bond donors (Lipinski definition) is 1. The lowest BCUT2D eigenvalue weighted by molar-refractivity contribution is -0.117. The number of nitrogens with zero attached hydrogens (tertiary/aromatic N) is 2. The third-order valence-electron chi connectivity index (χ3n) is 2.41. The fraction of sp³-hybridized carbons (Fsp3) is 0.500. The van der Waals surface area contributed by atoms with Crippen molar-refractivity contribution in [1.29, 1.82) is 0 Å². The largest absolute Gasteiger partial charge is 0.300 e. The molecule has 1 N–H and O–H groups in total. The Labute approximate surface area is 103 Å². The molecule has 1 heterocycles. The second-order valence-corrected chi connectivity index (χ2v) is 6.03. The SMILES string of the molecule is C=CCSc1nnc(NC(=O)C2CC2C)s1. The normalized spacial score (nSPS) is 22.8. The molecule has 1 aliphatic rings. The van der Waals surface area contributed by atoms with E-state index in [4.69, 9.17) is 0 Å². The maximum Gasteiger partial charge on any atom is 0.229 e. The zero-order valence-electron chi connectivity index (χ0n) is 8.97. The van der Waals surface area contributed by atoms with Gasteiger partial charge in [-0.05, 0) is 12.3 Å². The number of aromatic nitrogens is 2. The van der Waals surface area contributed by atoms with E-state index in [1.165, 1.54) is 11.3 Å². The van der Waals surface area contributed by atoms with Gasteiger partial charge in [0.15, 0.2) is 4.34 Å². The van der Waals surface area contributed by atoms with Gasteiger partial charge in [-0.1, -0.05) is 36.1 Å². The standard InChI is InChI=1S/C10H13N3OS2/c1-3-4-15-10-13-12-9(16-10)11-8(14)7-5-6(7)2/h3,6-7H,1,4-5H2,2H3,(H,11,12,14). The molecule has 2 rings (SSSR count). The third kappa shape index (κ3) is 2.82. The van der Waals surface area contributed by atoms with Crippen LogP contribution in [-0.4, -0.2) is 21.9 Å². The van der Waals surface area contributed by atoms with Crippen molar-refractivity contribution in [3.05, 3.63) is 12.7 Å². The number of amides is 1. The first kappa shape index (κ1) is 11.6. The van der Waals surface area contributed by atoms with Gasteiger partial charge < -0.3 is 5.32 Å². The maximum atomic E-state index is 11.6. The van der Waals surface area contributed by atoms with Gasteiger partial charge in [0.25, 0.3) is 0 Å². The smallest absolute Gasteiger partial charge is 0.229 e. The number of carbonyl (C=O) groups excluding carboxylic acids is 1. The molecule has 1 amide bonds. The molecule has 0 bridgehead atoms. The molecule has 16 heavy (non-hydrogen) atoms. The molecule has 0 aliphatic heterocycles. The van der Waals surface area contributed by atoms with Crippen molar-refractivity contribution in [3.8, 4) is 0 Å². The molecule has 2 unspecified atom stereocenters. The molecule has 4 nitrogen and oxygen atoms in total. The second-order valence-electron chi connectivity index (χ2n) is 3.78. The molecule has 1 aromatic rings. The maximum absolute atomic E-state index is 11.6. The molecule has 1 aliphatic carbocycles. The van der Waals surface area contributed by atoms with E-state index in [0.29, 0.717) is 11.0 Å². The summed E-state index contributed by atoms with van der Waals surface area (Å²) < 4.78 is 0.860. The summed E-state index contributed by atoms with van der Waals surface area (Å²) in [6.07, 6.45) is 2.80. The summed E-state index contributed by atoms with van der Waals surface area (Å²) in [5.41, 5.74) is 0. The number of hydrogen-bond acceptors (Lipinski definition) is 5. The van der Waals surface area contributed by atoms with Crippen LogP contribution in [-0.2, 0) is 4.79 Å². The van der Waals surface area contributed by atoms with Crippen LogP contribution in [0.5, 0.6) is 0 Å². The van der Waals surface area contributed by atoms with Crippen molar-refractivity contribution in [2.75, 3.05) is 11.1 Å². The Morgan fingerprint density at radius 3 is 3.12 bits per heavy atom. The summed E-state index contributed by atoms with van der Waals surface area (Å²) in [6, 6.07) is 0. The Morgan fingerprint density at radius 1 is 1.75 bits per heavy atom. The molecule has 6 heteroatoms. The number of thioether (sulfide) groups is 1. The van der Waals surface area contributed by atoms with Gasteiger partial charge in [-0.2, -0.15) is 0 Å². The van der Waals surface area contributed by atoms with Gasteiger partial charge in [-0.3, -0.25) is 4.79 Å². The highest BCUT2D eigenvalue weighted by atomic mass is 32.2. The molecule has 1 aromatic heterocycles. The Morgan fingerprint density at radius 2 is 2.50 bits per heavy atom. The average molecular weight is 255 g/mol. The minimum Gasteiger partial charge on any atom is -0.300 e. The van der Waals surface area contributed by atoms with Crippen molar-refractivity contribution >= 4 is 34.1 Å². The van der Waals surface area contributed by atoms with Gasteiger partial charge in [0.1, 0.15) is 0 Å². The Balaban J connectivity index is 1.87. The van der Waals surface area contributed by atoms with Crippen LogP contribution in [0.2, 0.25) is 0 Å². The van der Waals surface area contributed by atoms with E-state index in [2.05, 4.69) is 29.0 Å². The number of anilines is 1. The number of rotatable bonds is 5. The highest BCUT2D eigenvalue weighted by Crippen LogP contribution is 2.38. The van der Waals surface area contributed by atoms with Crippen LogP contribution in [0.1, 0.15) is 13.3 Å². The monoisotopic (exact) mass is 255 g/mol. The number of carbonyl (C=O) groups is 1. The Bertz CT molecular complexity index is 405. The van der Waals surface area contributed by atoms with Crippen molar-refractivity contribution in [1.82, 2.24) is 10.2 Å². The topological polar surface area (TPSA) is 54.9 Å². The molecular formula is C10H13N3OS2. The molecule has 1 saturated carbocycles. The predicted molar refractivity (Wildman–Crippen MR) is 66.7 cm³/mol. The van der Waals surface area contributed by atoms with Gasteiger partial charge in [-0.15, -0.1) is 16.8 Å². The van der Waals surface area contributed by atoms with E-state index < -0.39 is 0 Å². The van der Waals surface area contributed by atoms with E-state index >= 15 is 0 Å². The molecule has 0 aromatic carbocycles. The van der Waals surface area contributed by atoms with E-state index in [9.17, 15) is 4.79 Å². The summed E-state index contributed by atoms with van der Waals surface area (Å²) in [7, 11) is 0. The van der Waals surface area contributed by atoms with Gasteiger partial charge in [-0.25, -0.2) is 0 Å². The lowest BCUT2D eigenvalue weighted by atomic mass is 10.3. The van der Waals surface area contributed by atoms with Gasteiger partial charge >= 0.3 is 0 Å². The zero-order chi connectivity index (χ0) is 11.5. The fourth-order valence-electron chi connectivity index (χ4n) is 1.33. The molecule has 0 saturated heterocycles. The Hall–Kier alpha value is -0.880. The van der Waals surface area contributed by atoms with E-state index in [-0.39, 0.29) is 11.8 Å². The predicted octanol–water partition coefficient (Wildman–Crippen LogP) is 2.41. The van der Waals surface area contributed by atoms with Crippen LogP contribution < -0.4 is 5.32 Å². The highest BCUT2D eigenvalue weighted by Gasteiger charge is 2.39. The molecule has 0 spiro atoms. The van der Waals surface area contributed by atoms with Crippen LogP contribution >= 0.6 is 23.1 Å². The Kier molecular flexibility index (Phi) is 3.60. The van der Waals surface area contributed by atoms with Crippen molar-refractivity contribution in [2.45, 2.75) is 17.7 Å².